The van der Waals surface area contributed by atoms with Crippen molar-refractivity contribution in [3.8, 4) is 17.0 Å². The maximum Gasteiger partial charge on any atom is 0.229 e. The summed E-state index contributed by atoms with van der Waals surface area (Å²) in [6.07, 6.45) is 2.94. The number of hydrogen-bond acceptors (Lipinski definition) is 4. The maximum absolute atomic E-state index is 13.4. The number of benzene rings is 2. The molecule has 7 heteroatoms. The fraction of sp³-hybridized carbons (Fsp3) is 0.292. The van der Waals surface area contributed by atoms with Crippen molar-refractivity contribution in [2.45, 2.75) is 39.0 Å². The molecule has 0 spiro atoms. The molecule has 0 radical (unpaired) electrons. The van der Waals surface area contributed by atoms with Crippen molar-refractivity contribution in [1.82, 2.24) is 9.97 Å². The molecular weight excluding hydrogens is 400 g/mol. The van der Waals surface area contributed by atoms with E-state index in [-0.39, 0.29) is 12.3 Å². The number of methoxy groups -OCH3 is 1. The lowest BCUT2D eigenvalue weighted by molar-refractivity contribution is -0.115. The normalized spacial score (nSPS) is 12.1. The third kappa shape index (κ3) is 4.40. The predicted molar refractivity (Wildman–Crippen MR) is 114 cm³/mol. The van der Waals surface area contributed by atoms with Crippen LogP contribution in [0, 0.1) is 11.6 Å². The first-order valence-corrected chi connectivity index (χ1v) is 10.3. The zero-order chi connectivity index (χ0) is 22.0. The molecule has 0 atom stereocenters. The Morgan fingerprint density at radius 2 is 1.94 bits per heavy atom. The largest absolute Gasteiger partial charge is 0.497 e. The minimum atomic E-state index is -0.971. The van der Waals surface area contributed by atoms with Gasteiger partial charge in [0.2, 0.25) is 5.91 Å². The summed E-state index contributed by atoms with van der Waals surface area (Å²) in [5.41, 5.74) is 4.97. The fourth-order valence-electron chi connectivity index (χ4n) is 3.81. The molecular formula is C24H23F2N3O2. The van der Waals surface area contributed by atoms with Gasteiger partial charge in [-0.15, -0.1) is 0 Å². The highest BCUT2D eigenvalue weighted by Gasteiger charge is 2.22. The van der Waals surface area contributed by atoms with Gasteiger partial charge in [0, 0.05) is 5.56 Å². The molecule has 1 aliphatic rings. The van der Waals surface area contributed by atoms with Crippen molar-refractivity contribution < 1.29 is 18.3 Å². The van der Waals surface area contributed by atoms with Crippen molar-refractivity contribution in [1.29, 1.82) is 0 Å². The van der Waals surface area contributed by atoms with Crippen LogP contribution in [0.5, 0.6) is 5.75 Å². The molecule has 1 aromatic heterocycles. The van der Waals surface area contributed by atoms with Crippen LogP contribution in [0.25, 0.3) is 11.3 Å². The number of carbonyl (C=O) groups is 1. The van der Waals surface area contributed by atoms with Gasteiger partial charge in [0.15, 0.2) is 17.5 Å². The highest BCUT2D eigenvalue weighted by atomic mass is 19.2. The number of nitrogens with one attached hydrogen (secondary N) is 1. The van der Waals surface area contributed by atoms with Crippen LogP contribution in [0.4, 0.5) is 14.6 Å². The summed E-state index contributed by atoms with van der Waals surface area (Å²) < 4.78 is 31.9. The third-order valence-electron chi connectivity index (χ3n) is 5.33. The van der Waals surface area contributed by atoms with Gasteiger partial charge >= 0.3 is 0 Å². The Hall–Kier alpha value is -3.35. The van der Waals surface area contributed by atoms with Gasteiger partial charge in [0.1, 0.15) is 5.75 Å². The molecule has 160 valence electrons. The number of amides is 1. The molecule has 3 aromatic rings. The average Bonchev–Trinajstić information content (AvgIpc) is 2.76. The summed E-state index contributed by atoms with van der Waals surface area (Å²) in [7, 11) is 1.65. The van der Waals surface area contributed by atoms with Crippen LogP contribution in [0.3, 0.4) is 0 Å². The number of hydrogen-bond donors (Lipinski definition) is 1. The van der Waals surface area contributed by atoms with E-state index in [1.165, 1.54) is 11.6 Å². The predicted octanol–water partition coefficient (Wildman–Crippen LogP) is 4.66. The standard InChI is InChI=1S/C24H23F2N3O2/c1-3-4-21-24(29-22(30)12-14-5-9-18(25)19(26)11-14)28-20-10-6-15-13-16(31-2)7-8-17(15)23(20)27-21/h5,7-9,11,13H,3-4,6,10,12H2,1-2H3,(H,28,29,30). The first-order valence-electron chi connectivity index (χ1n) is 10.3. The highest BCUT2D eigenvalue weighted by molar-refractivity contribution is 5.92. The summed E-state index contributed by atoms with van der Waals surface area (Å²) in [5, 5.41) is 2.82. The third-order valence-corrected chi connectivity index (χ3v) is 5.33. The van der Waals surface area contributed by atoms with Crippen molar-refractivity contribution in [3.63, 3.8) is 0 Å². The quantitative estimate of drug-likeness (QED) is 0.626. The summed E-state index contributed by atoms with van der Waals surface area (Å²) in [6, 6.07) is 9.38. The lowest BCUT2D eigenvalue weighted by Crippen LogP contribution is -2.20. The van der Waals surface area contributed by atoms with E-state index in [9.17, 15) is 13.6 Å². The van der Waals surface area contributed by atoms with Gasteiger partial charge in [-0.25, -0.2) is 18.7 Å². The topological polar surface area (TPSA) is 64.1 Å². The van der Waals surface area contributed by atoms with Gasteiger partial charge in [-0.3, -0.25) is 4.79 Å². The molecule has 4 rings (SSSR count). The van der Waals surface area contributed by atoms with Crippen LogP contribution >= 0.6 is 0 Å². The monoisotopic (exact) mass is 423 g/mol. The number of carbonyl (C=O) groups excluding carboxylic acids is 1. The zero-order valence-corrected chi connectivity index (χ0v) is 17.5. The number of aromatic nitrogens is 2. The minimum absolute atomic E-state index is 0.0792. The number of halogens is 2. The molecule has 0 saturated carbocycles. The lowest BCUT2D eigenvalue weighted by atomic mass is 9.91. The fourth-order valence-corrected chi connectivity index (χ4v) is 3.81. The molecule has 0 saturated heterocycles. The molecule has 1 N–H and O–H groups in total. The second kappa shape index (κ2) is 8.79. The van der Waals surface area contributed by atoms with E-state index in [0.29, 0.717) is 29.9 Å². The molecule has 0 fully saturated rings. The van der Waals surface area contributed by atoms with Crippen LogP contribution in [0.1, 0.15) is 35.9 Å². The van der Waals surface area contributed by atoms with Gasteiger partial charge in [-0.1, -0.05) is 19.4 Å². The van der Waals surface area contributed by atoms with Crippen molar-refractivity contribution >= 4 is 11.7 Å². The molecule has 0 bridgehead atoms. The SMILES string of the molecule is CCCc1nc2c(nc1NC(=O)Cc1ccc(F)c(F)c1)CCc1cc(OC)ccc1-2. The molecule has 5 nitrogen and oxygen atoms in total. The van der Waals surface area contributed by atoms with Crippen LogP contribution in [-0.4, -0.2) is 23.0 Å². The Morgan fingerprint density at radius 1 is 1.10 bits per heavy atom. The molecule has 2 aromatic carbocycles. The molecule has 0 unspecified atom stereocenters. The summed E-state index contributed by atoms with van der Waals surface area (Å²) in [6.45, 7) is 2.03. The van der Waals surface area contributed by atoms with E-state index in [4.69, 9.17) is 14.7 Å². The van der Waals surface area contributed by atoms with E-state index in [0.717, 1.165) is 47.7 Å². The number of ether oxygens (including phenoxy) is 1. The zero-order valence-electron chi connectivity index (χ0n) is 17.5. The number of anilines is 1. The summed E-state index contributed by atoms with van der Waals surface area (Å²) in [4.78, 5) is 22.1. The van der Waals surface area contributed by atoms with Gasteiger partial charge < -0.3 is 10.1 Å². The second-order valence-electron chi connectivity index (χ2n) is 7.56. The van der Waals surface area contributed by atoms with Gasteiger partial charge in [-0.2, -0.15) is 0 Å². The summed E-state index contributed by atoms with van der Waals surface area (Å²) >= 11 is 0. The van der Waals surface area contributed by atoms with Crippen LogP contribution in [0.15, 0.2) is 36.4 Å². The Morgan fingerprint density at radius 3 is 2.68 bits per heavy atom. The highest BCUT2D eigenvalue weighted by Crippen LogP contribution is 2.35. The van der Waals surface area contributed by atoms with E-state index >= 15 is 0 Å². The Kier molecular flexibility index (Phi) is 5.93. The van der Waals surface area contributed by atoms with Crippen molar-refractivity contribution in [2.75, 3.05) is 12.4 Å². The molecule has 1 amide bonds. The smallest absolute Gasteiger partial charge is 0.229 e. The Bertz CT molecular complexity index is 1150. The van der Waals surface area contributed by atoms with Gasteiger partial charge in [0.05, 0.1) is 30.6 Å². The number of fused-ring (bicyclic) bond motifs is 3. The van der Waals surface area contributed by atoms with Crippen molar-refractivity contribution in [2.24, 2.45) is 0 Å². The Labute approximate surface area is 179 Å². The van der Waals surface area contributed by atoms with Crippen LogP contribution in [-0.2, 0) is 30.5 Å². The van der Waals surface area contributed by atoms with E-state index in [1.807, 2.05) is 25.1 Å². The lowest BCUT2D eigenvalue weighted by Gasteiger charge is -2.21. The molecule has 1 aliphatic carbocycles. The molecule has 0 aliphatic heterocycles. The average molecular weight is 423 g/mol. The van der Waals surface area contributed by atoms with Crippen LogP contribution < -0.4 is 10.1 Å². The first-order chi connectivity index (χ1) is 15.0. The second-order valence-corrected chi connectivity index (χ2v) is 7.56. The van der Waals surface area contributed by atoms with E-state index in [2.05, 4.69) is 5.32 Å². The molecule has 1 heterocycles. The maximum atomic E-state index is 13.4. The number of nitrogens with zero attached hydrogens (tertiary/aromatic N) is 2. The van der Waals surface area contributed by atoms with Gasteiger partial charge in [-0.05, 0) is 60.7 Å². The van der Waals surface area contributed by atoms with Crippen molar-refractivity contribution in [3.05, 3.63) is 70.5 Å². The Balaban J connectivity index is 1.62. The number of aryl methyl sites for hydroxylation is 3. The van der Waals surface area contributed by atoms with Gasteiger partial charge in [0.25, 0.3) is 0 Å². The molecule has 31 heavy (non-hydrogen) atoms. The van der Waals surface area contributed by atoms with E-state index in [1.54, 1.807) is 7.11 Å². The van der Waals surface area contributed by atoms with E-state index < -0.39 is 11.6 Å². The first kappa shape index (κ1) is 20.9. The minimum Gasteiger partial charge on any atom is -0.497 e. The summed E-state index contributed by atoms with van der Waals surface area (Å²) in [5.74, 6) is -1.01. The van der Waals surface area contributed by atoms with Crippen LogP contribution in [0.2, 0.25) is 0 Å². The number of rotatable bonds is 6.